The van der Waals surface area contributed by atoms with E-state index in [1.54, 1.807) is 37.4 Å². The predicted molar refractivity (Wildman–Crippen MR) is 130 cm³/mol. The minimum atomic E-state index is -0.539. The lowest BCUT2D eigenvalue weighted by Gasteiger charge is -2.37. The van der Waals surface area contributed by atoms with Crippen molar-refractivity contribution in [2.45, 2.75) is 26.1 Å². The molecule has 9 heteroatoms. The van der Waals surface area contributed by atoms with Crippen LogP contribution >= 0.6 is 22.9 Å². The Labute approximate surface area is 199 Å². The number of morpholine rings is 1. The molecule has 0 N–H and O–H groups in total. The molecule has 1 aliphatic rings. The largest absolute Gasteiger partial charge is 0.367 e. The first kappa shape index (κ1) is 22.0. The Bertz CT molecular complexity index is 1410. The lowest BCUT2D eigenvalue weighted by atomic mass is 10.1. The molecule has 1 aliphatic heterocycles. The molecule has 0 radical (unpaired) electrons. The zero-order valence-corrected chi connectivity index (χ0v) is 20.0. The molecule has 2 atom stereocenters. The van der Waals surface area contributed by atoms with Crippen LogP contribution in [0.4, 0.5) is 10.2 Å². The number of aromatic nitrogens is 3. The van der Waals surface area contributed by atoms with Gasteiger partial charge >= 0.3 is 0 Å². The second kappa shape index (κ2) is 8.52. The molecule has 0 amide bonds. The molecule has 4 aromatic rings. The fraction of sp³-hybridized carbons (Fsp3) is 0.292. The first-order valence-electron chi connectivity index (χ1n) is 10.6. The van der Waals surface area contributed by atoms with E-state index in [2.05, 4.69) is 21.3 Å². The molecular weight excluding hydrogens is 463 g/mol. The maximum Gasteiger partial charge on any atom is 0.263 e. The Kier molecular flexibility index (Phi) is 5.68. The fourth-order valence-electron chi connectivity index (χ4n) is 4.20. The van der Waals surface area contributed by atoms with E-state index in [0.717, 1.165) is 5.56 Å². The maximum absolute atomic E-state index is 15.0. The third-order valence-electron chi connectivity index (χ3n) is 5.96. The Balaban J connectivity index is 1.70. The summed E-state index contributed by atoms with van der Waals surface area (Å²) in [6.07, 6.45) is -0.137. The summed E-state index contributed by atoms with van der Waals surface area (Å²) < 4.78 is 22.6. The van der Waals surface area contributed by atoms with E-state index >= 15 is 0 Å². The summed E-state index contributed by atoms with van der Waals surface area (Å²) >= 11 is 7.60. The summed E-state index contributed by atoms with van der Waals surface area (Å²) in [7, 11) is 1.65. The van der Waals surface area contributed by atoms with E-state index in [-0.39, 0.29) is 39.4 Å². The van der Waals surface area contributed by atoms with Gasteiger partial charge in [0.05, 0.1) is 22.7 Å². The second-order valence-electron chi connectivity index (χ2n) is 8.27. The summed E-state index contributed by atoms with van der Waals surface area (Å²) in [4.78, 5) is 24.7. The molecule has 4 heterocycles. The van der Waals surface area contributed by atoms with Gasteiger partial charge in [-0.2, -0.15) is 11.3 Å². The van der Waals surface area contributed by atoms with Crippen molar-refractivity contribution in [2.24, 2.45) is 7.05 Å². The van der Waals surface area contributed by atoms with Crippen molar-refractivity contribution in [2.75, 3.05) is 18.0 Å². The van der Waals surface area contributed by atoms with E-state index in [1.165, 1.54) is 10.6 Å². The van der Waals surface area contributed by atoms with Crippen molar-refractivity contribution in [3.05, 3.63) is 73.7 Å². The summed E-state index contributed by atoms with van der Waals surface area (Å²) in [6.45, 7) is 4.99. The third-order valence-corrected chi connectivity index (χ3v) is 6.89. The van der Waals surface area contributed by atoms with E-state index in [4.69, 9.17) is 21.3 Å². The van der Waals surface area contributed by atoms with Gasteiger partial charge in [-0.05, 0) is 54.4 Å². The second-order valence-corrected chi connectivity index (χ2v) is 9.48. The minimum Gasteiger partial charge on any atom is -0.367 e. The number of pyridine rings is 1. The highest BCUT2D eigenvalue weighted by molar-refractivity contribution is 7.07. The molecule has 0 bridgehead atoms. The lowest BCUT2D eigenvalue weighted by Crippen LogP contribution is -2.43. The van der Waals surface area contributed by atoms with Crippen LogP contribution in [-0.4, -0.2) is 33.7 Å². The molecule has 0 saturated carbocycles. The van der Waals surface area contributed by atoms with Crippen molar-refractivity contribution in [1.82, 2.24) is 14.5 Å². The monoisotopic (exact) mass is 484 g/mol. The van der Waals surface area contributed by atoms with Gasteiger partial charge in [-0.3, -0.25) is 9.36 Å². The molecule has 1 saturated heterocycles. The molecule has 3 aromatic heterocycles. The van der Waals surface area contributed by atoms with Crippen molar-refractivity contribution in [3.63, 3.8) is 0 Å². The van der Waals surface area contributed by atoms with Crippen LogP contribution < -0.4 is 10.5 Å². The van der Waals surface area contributed by atoms with Crippen molar-refractivity contribution in [1.29, 1.82) is 0 Å². The topological polar surface area (TPSA) is 60.2 Å². The van der Waals surface area contributed by atoms with Crippen LogP contribution in [0.3, 0.4) is 0 Å². The molecule has 0 aliphatic carbocycles. The van der Waals surface area contributed by atoms with Gasteiger partial charge in [-0.15, -0.1) is 0 Å². The number of anilines is 1. The van der Waals surface area contributed by atoms with Crippen LogP contribution in [0.2, 0.25) is 5.02 Å². The molecule has 170 valence electrons. The molecule has 0 spiro atoms. The van der Waals surface area contributed by atoms with Gasteiger partial charge in [-0.25, -0.2) is 14.4 Å². The molecule has 1 fully saturated rings. The zero-order valence-electron chi connectivity index (χ0n) is 18.4. The Morgan fingerprint density at radius 3 is 2.76 bits per heavy atom. The van der Waals surface area contributed by atoms with E-state index in [1.807, 2.05) is 18.4 Å². The predicted octanol–water partition coefficient (Wildman–Crippen LogP) is 5.12. The van der Waals surface area contributed by atoms with E-state index in [0.29, 0.717) is 30.2 Å². The van der Waals surface area contributed by atoms with Crippen LogP contribution in [-0.2, 0) is 11.8 Å². The Morgan fingerprint density at radius 2 is 2.03 bits per heavy atom. The van der Waals surface area contributed by atoms with Crippen LogP contribution in [0.5, 0.6) is 0 Å². The average Bonchev–Trinajstić information content (AvgIpc) is 3.31. The number of hydrogen-bond donors (Lipinski definition) is 0. The molecule has 0 unspecified atom stereocenters. The highest BCUT2D eigenvalue weighted by Crippen LogP contribution is 2.34. The van der Waals surface area contributed by atoms with Gasteiger partial charge in [0.2, 0.25) is 0 Å². The number of hydrogen-bond acceptors (Lipinski definition) is 6. The number of benzene rings is 1. The average molecular weight is 485 g/mol. The zero-order chi connectivity index (χ0) is 23.3. The summed E-state index contributed by atoms with van der Waals surface area (Å²) in [5, 5.41) is 4.67. The molecule has 5 rings (SSSR count). The highest BCUT2D eigenvalue weighted by Gasteiger charge is 2.29. The fourth-order valence-corrected chi connectivity index (χ4v) is 5.06. The molecule has 33 heavy (non-hydrogen) atoms. The van der Waals surface area contributed by atoms with Crippen molar-refractivity contribution in [3.8, 4) is 11.3 Å². The molecule has 1 aromatic carbocycles. The van der Waals surface area contributed by atoms with Crippen LogP contribution in [0.25, 0.3) is 22.2 Å². The quantitative estimate of drug-likeness (QED) is 0.403. The SMILES string of the molecule is Cc1nc2cc(N3C[C@H](C)O[C@@H](c4ccsc4)C3)nc(-c3ccc(Cl)cc3F)c2c(=O)n1C. The van der Waals surface area contributed by atoms with E-state index in [9.17, 15) is 9.18 Å². The first-order valence-corrected chi connectivity index (χ1v) is 11.9. The van der Waals surface area contributed by atoms with Gasteiger partial charge in [0.25, 0.3) is 5.56 Å². The van der Waals surface area contributed by atoms with Gasteiger partial charge in [0, 0.05) is 36.8 Å². The number of nitrogens with zero attached hydrogens (tertiary/aromatic N) is 4. The van der Waals surface area contributed by atoms with Gasteiger partial charge in [0.1, 0.15) is 23.6 Å². The number of rotatable bonds is 3. The van der Waals surface area contributed by atoms with E-state index < -0.39 is 5.82 Å². The highest BCUT2D eigenvalue weighted by atomic mass is 35.5. The first-order chi connectivity index (χ1) is 15.8. The van der Waals surface area contributed by atoms with Crippen LogP contribution in [0, 0.1) is 12.7 Å². The van der Waals surface area contributed by atoms with Crippen molar-refractivity contribution >= 4 is 39.7 Å². The molecule has 6 nitrogen and oxygen atoms in total. The minimum absolute atomic E-state index is 0.0322. The van der Waals surface area contributed by atoms with Crippen molar-refractivity contribution < 1.29 is 9.13 Å². The number of aryl methyl sites for hydroxylation is 1. The molecular formula is C24H22ClFN4O2S. The summed E-state index contributed by atoms with van der Waals surface area (Å²) in [5.74, 6) is 0.656. The summed E-state index contributed by atoms with van der Waals surface area (Å²) in [6, 6.07) is 8.24. The standard InChI is InChI=1S/C24H22ClFN4O2S/c1-13-10-30(11-20(32-13)15-6-7-33-12-15)21-9-19-22(24(31)29(3)14(2)27-19)23(28-21)17-5-4-16(25)8-18(17)26/h4-9,12-13,20H,10-11H2,1-3H3/t13-,20+/m0/s1. The number of fused-ring (bicyclic) bond motifs is 1. The van der Waals surface area contributed by atoms with Crippen LogP contribution in [0.1, 0.15) is 24.4 Å². The third kappa shape index (κ3) is 4.03. The maximum atomic E-state index is 15.0. The van der Waals surface area contributed by atoms with Gasteiger partial charge in [-0.1, -0.05) is 11.6 Å². The number of halogens is 2. The summed E-state index contributed by atoms with van der Waals surface area (Å²) in [5.41, 5.74) is 1.80. The number of thiophene rings is 1. The lowest BCUT2D eigenvalue weighted by molar-refractivity contribution is -0.0173. The smallest absolute Gasteiger partial charge is 0.263 e. The van der Waals surface area contributed by atoms with Gasteiger partial charge < -0.3 is 9.64 Å². The Hall–Kier alpha value is -2.81. The van der Waals surface area contributed by atoms with Gasteiger partial charge in [0.15, 0.2) is 0 Å². The van der Waals surface area contributed by atoms with Crippen LogP contribution in [0.15, 0.2) is 45.9 Å². The normalized spacial score (nSPS) is 18.8. The Morgan fingerprint density at radius 1 is 1.21 bits per heavy atom. The number of ether oxygens (including phenoxy) is 1.